The highest BCUT2D eigenvalue weighted by Gasteiger charge is 2.30. The third-order valence-electron chi connectivity index (χ3n) is 4.45. The van der Waals surface area contributed by atoms with Crippen molar-refractivity contribution in [2.24, 2.45) is 0 Å². The quantitative estimate of drug-likeness (QED) is 0.930. The Bertz CT molecular complexity index is 754. The second-order valence-corrected chi connectivity index (χ2v) is 6.47. The van der Waals surface area contributed by atoms with E-state index in [1.54, 1.807) is 31.2 Å². The number of fused-ring (bicyclic) bond motifs is 1. The number of aromatic nitrogens is 1. The number of carbonyl (C=O) groups is 2. The molecule has 0 aliphatic carbocycles. The van der Waals surface area contributed by atoms with E-state index in [0.29, 0.717) is 17.1 Å². The van der Waals surface area contributed by atoms with E-state index in [1.165, 1.54) is 0 Å². The van der Waals surface area contributed by atoms with Crippen molar-refractivity contribution in [2.45, 2.75) is 32.5 Å². The lowest BCUT2D eigenvalue weighted by Crippen LogP contribution is -2.50. The Hall–Kier alpha value is -2.27. The van der Waals surface area contributed by atoms with Crippen LogP contribution in [0, 0.1) is 0 Å². The van der Waals surface area contributed by atoms with Crippen molar-refractivity contribution in [3.8, 4) is 0 Å². The van der Waals surface area contributed by atoms with Crippen LogP contribution < -0.4 is 5.32 Å². The normalized spacial score (nSPS) is 18.0. The maximum Gasteiger partial charge on any atom is 0.251 e. The minimum Gasteiger partial charge on any atom is -0.348 e. The van der Waals surface area contributed by atoms with Crippen molar-refractivity contribution in [1.29, 1.82) is 0 Å². The lowest BCUT2D eigenvalue weighted by molar-refractivity contribution is -0.136. The van der Waals surface area contributed by atoms with Gasteiger partial charge in [-0.3, -0.25) is 9.59 Å². The molecule has 2 atom stereocenters. The van der Waals surface area contributed by atoms with E-state index < -0.39 is 6.04 Å². The molecule has 6 heteroatoms. The van der Waals surface area contributed by atoms with Gasteiger partial charge >= 0.3 is 0 Å². The summed E-state index contributed by atoms with van der Waals surface area (Å²) in [5, 5.41) is 3.34. The third-order valence-corrected chi connectivity index (χ3v) is 4.70. The molecule has 24 heavy (non-hydrogen) atoms. The summed E-state index contributed by atoms with van der Waals surface area (Å²) in [6, 6.07) is 10.0. The largest absolute Gasteiger partial charge is 0.348 e. The highest BCUT2D eigenvalue weighted by molar-refractivity contribution is 6.30. The van der Waals surface area contributed by atoms with Gasteiger partial charge in [0.2, 0.25) is 5.91 Å². The first-order valence-electron chi connectivity index (χ1n) is 7.99. The molecule has 0 radical (unpaired) electrons. The van der Waals surface area contributed by atoms with E-state index in [4.69, 9.17) is 11.6 Å². The van der Waals surface area contributed by atoms with Crippen LogP contribution in [-0.2, 0) is 11.3 Å². The molecule has 3 rings (SSSR count). The Labute approximate surface area is 146 Å². The van der Waals surface area contributed by atoms with Gasteiger partial charge in [0.05, 0.1) is 6.04 Å². The number of amides is 2. The number of benzene rings is 1. The molecule has 1 aromatic carbocycles. The fourth-order valence-electron chi connectivity index (χ4n) is 3.07. The van der Waals surface area contributed by atoms with Crippen molar-refractivity contribution in [3.05, 3.63) is 58.9 Å². The molecule has 5 nitrogen and oxygen atoms in total. The van der Waals surface area contributed by atoms with Gasteiger partial charge in [-0.05, 0) is 50.2 Å². The minimum atomic E-state index is -0.586. The number of hydrogen-bond donors (Lipinski definition) is 1. The Morgan fingerprint density at radius 2 is 1.92 bits per heavy atom. The van der Waals surface area contributed by atoms with E-state index in [2.05, 4.69) is 9.88 Å². The molecule has 1 aromatic heterocycles. The first-order valence-corrected chi connectivity index (χ1v) is 8.37. The van der Waals surface area contributed by atoms with Gasteiger partial charge in [-0.2, -0.15) is 0 Å². The second kappa shape index (κ2) is 6.69. The summed E-state index contributed by atoms with van der Waals surface area (Å²) in [5.41, 5.74) is 1.60. The molecule has 126 valence electrons. The number of halogens is 1. The molecule has 0 saturated heterocycles. The van der Waals surface area contributed by atoms with Crippen LogP contribution in [0.5, 0.6) is 0 Å². The number of nitrogens with one attached hydrogen (secondary N) is 1. The fraction of sp³-hybridized carbons (Fsp3) is 0.333. The Balaban J connectivity index is 1.67. The lowest BCUT2D eigenvalue weighted by atomic mass is 10.1. The van der Waals surface area contributed by atoms with Gasteiger partial charge in [0.15, 0.2) is 0 Å². The van der Waals surface area contributed by atoms with Gasteiger partial charge in [-0.15, -0.1) is 0 Å². The zero-order valence-corrected chi connectivity index (χ0v) is 14.5. The molecule has 2 heterocycles. The zero-order chi connectivity index (χ0) is 17.3. The van der Waals surface area contributed by atoms with Gasteiger partial charge in [0, 0.05) is 35.6 Å². The van der Waals surface area contributed by atoms with E-state index in [-0.39, 0.29) is 17.9 Å². The van der Waals surface area contributed by atoms with Crippen LogP contribution in [0.1, 0.15) is 35.9 Å². The third kappa shape index (κ3) is 3.17. The molecule has 1 N–H and O–H groups in total. The van der Waals surface area contributed by atoms with Crippen LogP contribution in [0.15, 0.2) is 42.6 Å². The summed E-state index contributed by atoms with van der Waals surface area (Å²) >= 11 is 5.83. The van der Waals surface area contributed by atoms with Gasteiger partial charge in [0.25, 0.3) is 5.91 Å². The summed E-state index contributed by atoms with van der Waals surface area (Å²) in [4.78, 5) is 26.8. The minimum absolute atomic E-state index is 0.00358. The molecule has 0 bridgehead atoms. The lowest BCUT2D eigenvalue weighted by Gasteiger charge is -2.36. The van der Waals surface area contributed by atoms with Gasteiger partial charge in [0.1, 0.15) is 6.04 Å². The van der Waals surface area contributed by atoms with Crippen molar-refractivity contribution in [1.82, 2.24) is 14.8 Å². The highest BCUT2D eigenvalue weighted by atomic mass is 35.5. The topological polar surface area (TPSA) is 54.3 Å². The van der Waals surface area contributed by atoms with Gasteiger partial charge in [-0.25, -0.2) is 0 Å². The summed E-state index contributed by atoms with van der Waals surface area (Å²) in [6.07, 6.45) is 2.03. The van der Waals surface area contributed by atoms with Gasteiger partial charge in [-0.1, -0.05) is 11.6 Å². The van der Waals surface area contributed by atoms with Crippen LogP contribution in [0.4, 0.5) is 0 Å². The van der Waals surface area contributed by atoms with Crippen LogP contribution in [0.3, 0.4) is 0 Å². The highest BCUT2D eigenvalue weighted by Crippen LogP contribution is 2.25. The van der Waals surface area contributed by atoms with Crippen LogP contribution in [0.2, 0.25) is 5.02 Å². The Kier molecular flexibility index (Phi) is 4.62. The first kappa shape index (κ1) is 16.6. The Morgan fingerprint density at radius 3 is 2.62 bits per heavy atom. The molecule has 2 aromatic rings. The summed E-state index contributed by atoms with van der Waals surface area (Å²) in [7, 11) is 0. The number of nitrogens with zero attached hydrogens (tertiary/aromatic N) is 2. The van der Waals surface area contributed by atoms with E-state index in [0.717, 1.165) is 12.2 Å². The van der Waals surface area contributed by atoms with E-state index in [1.807, 2.05) is 30.2 Å². The second-order valence-electron chi connectivity index (χ2n) is 6.04. The molecular weight excluding hydrogens is 326 g/mol. The van der Waals surface area contributed by atoms with E-state index >= 15 is 0 Å². The van der Waals surface area contributed by atoms with Crippen molar-refractivity contribution >= 4 is 23.4 Å². The molecular formula is C18H20ClN3O2. The zero-order valence-electron chi connectivity index (χ0n) is 13.7. The smallest absolute Gasteiger partial charge is 0.251 e. The monoisotopic (exact) mass is 345 g/mol. The molecule has 0 fully saturated rings. The van der Waals surface area contributed by atoms with Crippen LogP contribution in [-0.4, -0.2) is 33.9 Å². The fourth-order valence-corrected chi connectivity index (χ4v) is 3.20. The first-order chi connectivity index (χ1) is 11.5. The van der Waals surface area contributed by atoms with E-state index in [9.17, 15) is 9.59 Å². The average molecular weight is 346 g/mol. The summed E-state index contributed by atoms with van der Waals surface area (Å²) in [5.74, 6) is -0.349. The predicted molar refractivity (Wildman–Crippen MR) is 92.9 cm³/mol. The predicted octanol–water partition coefficient (Wildman–Crippen LogP) is 2.86. The number of rotatable bonds is 3. The van der Waals surface area contributed by atoms with Gasteiger partial charge < -0.3 is 14.8 Å². The molecule has 2 unspecified atom stereocenters. The van der Waals surface area contributed by atoms with Crippen molar-refractivity contribution in [3.63, 3.8) is 0 Å². The number of hydrogen-bond acceptors (Lipinski definition) is 2. The maximum absolute atomic E-state index is 12.7. The summed E-state index contributed by atoms with van der Waals surface area (Å²) < 4.78 is 2.16. The summed E-state index contributed by atoms with van der Waals surface area (Å²) in [6.45, 7) is 5.15. The van der Waals surface area contributed by atoms with Crippen LogP contribution in [0.25, 0.3) is 0 Å². The standard InChI is InChI=1S/C18H20ClN3O2/c1-12(20-17(23)14-5-7-15(19)8-6-14)18(24)22-11-10-21-9-3-4-16(21)13(22)2/h3-9,12-13H,10-11H2,1-2H3,(H,20,23). The molecule has 1 aliphatic rings. The molecule has 1 aliphatic heterocycles. The maximum atomic E-state index is 12.7. The Morgan fingerprint density at radius 1 is 1.21 bits per heavy atom. The molecule has 2 amide bonds. The molecule has 0 saturated carbocycles. The SMILES string of the molecule is CC(NC(=O)c1ccc(Cl)cc1)C(=O)N1CCn2cccc2C1C. The van der Waals surface area contributed by atoms with Crippen LogP contribution >= 0.6 is 11.6 Å². The van der Waals surface area contributed by atoms with Crippen molar-refractivity contribution in [2.75, 3.05) is 6.54 Å². The van der Waals surface area contributed by atoms with Crippen molar-refractivity contribution < 1.29 is 9.59 Å². The molecule has 0 spiro atoms. The average Bonchev–Trinajstić information content (AvgIpc) is 3.04. The number of carbonyl (C=O) groups excluding carboxylic acids is 2.